The predicted octanol–water partition coefficient (Wildman–Crippen LogP) is 2.26. The van der Waals surface area contributed by atoms with Gasteiger partial charge >= 0.3 is 0 Å². The van der Waals surface area contributed by atoms with Crippen LogP contribution in [0, 0.1) is 11.7 Å². The number of aromatic hydroxyl groups is 1. The minimum absolute atomic E-state index is 0.0130. The fourth-order valence-electron chi connectivity index (χ4n) is 1.51. The number of amides is 1. The van der Waals surface area contributed by atoms with E-state index in [0.717, 1.165) is 6.07 Å². The number of nitrogens with zero attached hydrogens (tertiary/aromatic N) is 1. The Labute approximate surface area is 94.5 Å². The lowest BCUT2D eigenvalue weighted by molar-refractivity contribution is 0.0774. The molecule has 0 atom stereocenters. The zero-order valence-corrected chi connectivity index (χ0v) is 9.70. The Kier molecular flexibility index (Phi) is 3.88. The third-order valence-electron chi connectivity index (χ3n) is 2.17. The normalized spacial score (nSPS) is 10.6. The van der Waals surface area contributed by atoms with E-state index in [-0.39, 0.29) is 17.2 Å². The van der Waals surface area contributed by atoms with Crippen LogP contribution in [-0.2, 0) is 0 Å². The van der Waals surface area contributed by atoms with Crippen LogP contribution >= 0.6 is 0 Å². The summed E-state index contributed by atoms with van der Waals surface area (Å²) < 4.78 is 13.4. The third kappa shape index (κ3) is 2.95. The highest BCUT2D eigenvalue weighted by Crippen LogP contribution is 2.16. The van der Waals surface area contributed by atoms with Gasteiger partial charge in [-0.1, -0.05) is 13.8 Å². The van der Waals surface area contributed by atoms with Gasteiger partial charge in [0.2, 0.25) is 0 Å². The van der Waals surface area contributed by atoms with E-state index in [1.165, 1.54) is 17.0 Å². The van der Waals surface area contributed by atoms with E-state index in [2.05, 4.69) is 0 Å². The molecule has 1 aromatic rings. The molecule has 0 aliphatic rings. The van der Waals surface area contributed by atoms with Gasteiger partial charge in [-0.05, 0) is 18.1 Å². The third-order valence-corrected chi connectivity index (χ3v) is 2.17. The molecule has 4 heteroatoms. The van der Waals surface area contributed by atoms with Crippen LogP contribution in [0.1, 0.15) is 24.2 Å². The number of rotatable bonds is 3. The smallest absolute Gasteiger partial charge is 0.256 e. The van der Waals surface area contributed by atoms with Gasteiger partial charge in [0.1, 0.15) is 11.6 Å². The van der Waals surface area contributed by atoms with Crippen molar-refractivity contribution >= 4 is 5.91 Å². The number of hydrogen-bond donors (Lipinski definition) is 1. The van der Waals surface area contributed by atoms with Crippen molar-refractivity contribution in [3.8, 4) is 5.75 Å². The standard InChI is InChI=1S/C12H16FNO2/c1-8(2)7-14(3)12(16)10-5-4-9(15)6-11(10)13/h4-6,8,15H,7H2,1-3H3. The largest absolute Gasteiger partial charge is 0.508 e. The predicted molar refractivity (Wildman–Crippen MR) is 59.9 cm³/mol. The molecule has 0 saturated carbocycles. The SMILES string of the molecule is CC(C)CN(C)C(=O)c1ccc(O)cc1F. The van der Waals surface area contributed by atoms with Gasteiger partial charge < -0.3 is 10.0 Å². The average molecular weight is 225 g/mol. The van der Waals surface area contributed by atoms with Crippen LogP contribution < -0.4 is 0 Å². The summed E-state index contributed by atoms with van der Waals surface area (Å²) in [6.07, 6.45) is 0. The molecule has 1 N–H and O–H groups in total. The molecule has 0 unspecified atom stereocenters. The van der Waals surface area contributed by atoms with Gasteiger partial charge in [0.15, 0.2) is 0 Å². The number of hydrogen-bond acceptors (Lipinski definition) is 2. The molecule has 3 nitrogen and oxygen atoms in total. The van der Waals surface area contributed by atoms with Gasteiger partial charge in [-0.3, -0.25) is 4.79 Å². The second-order valence-electron chi connectivity index (χ2n) is 4.24. The molecule has 88 valence electrons. The maximum Gasteiger partial charge on any atom is 0.256 e. The molecular weight excluding hydrogens is 209 g/mol. The Balaban J connectivity index is 2.88. The lowest BCUT2D eigenvalue weighted by atomic mass is 10.1. The second kappa shape index (κ2) is 4.96. The fraction of sp³-hybridized carbons (Fsp3) is 0.417. The minimum Gasteiger partial charge on any atom is -0.508 e. The Hall–Kier alpha value is -1.58. The van der Waals surface area contributed by atoms with Crippen molar-refractivity contribution in [3.05, 3.63) is 29.6 Å². The maximum absolute atomic E-state index is 13.4. The zero-order chi connectivity index (χ0) is 12.3. The highest BCUT2D eigenvalue weighted by Gasteiger charge is 2.16. The zero-order valence-electron chi connectivity index (χ0n) is 9.70. The highest BCUT2D eigenvalue weighted by molar-refractivity contribution is 5.94. The summed E-state index contributed by atoms with van der Waals surface area (Å²) in [5.41, 5.74) is -0.0130. The Morgan fingerprint density at radius 1 is 1.50 bits per heavy atom. The first-order valence-corrected chi connectivity index (χ1v) is 5.15. The van der Waals surface area contributed by atoms with E-state index in [4.69, 9.17) is 5.11 Å². The Morgan fingerprint density at radius 3 is 2.62 bits per heavy atom. The molecule has 0 saturated heterocycles. The molecule has 1 rings (SSSR count). The monoisotopic (exact) mass is 225 g/mol. The van der Waals surface area contributed by atoms with Gasteiger partial charge in [0.25, 0.3) is 5.91 Å². The van der Waals surface area contributed by atoms with E-state index in [0.29, 0.717) is 12.5 Å². The van der Waals surface area contributed by atoms with Crippen LogP contribution in [0.25, 0.3) is 0 Å². The van der Waals surface area contributed by atoms with Gasteiger partial charge in [0.05, 0.1) is 5.56 Å². The molecule has 0 aliphatic carbocycles. The first-order valence-electron chi connectivity index (χ1n) is 5.15. The van der Waals surface area contributed by atoms with Crippen molar-refractivity contribution in [2.45, 2.75) is 13.8 Å². The molecule has 0 bridgehead atoms. The molecule has 0 spiro atoms. The van der Waals surface area contributed by atoms with Gasteiger partial charge in [0, 0.05) is 19.7 Å². The molecule has 0 heterocycles. The summed E-state index contributed by atoms with van der Waals surface area (Å²) in [6, 6.07) is 3.54. The highest BCUT2D eigenvalue weighted by atomic mass is 19.1. The van der Waals surface area contributed by atoms with Crippen LogP contribution in [-0.4, -0.2) is 29.5 Å². The number of halogens is 1. The summed E-state index contributed by atoms with van der Waals surface area (Å²) in [7, 11) is 1.63. The van der Waals surface area contributed by atoms with Crippen molar-refractivity contribution < 1.29 is 14.3 Å². The lowest BCUT2D eigenvalue weighted by Gasteiger charge is -2.19. The minimum atomic E-state index is -0.694. The molecule has 0 fully saturated rings. The van der Waals surface area contributed by atoms with Crippen molar-refractivity contribution in [1.29, 1.82) is 0 Å². The number of carbonyl (C=O) groups is 1. The number of phenols is 1. The topological polar surface area (TPSA) is 40.5 Å². The van der Waals surface area contributed by atoms with E-state index in [1.54, 1.807) is 7.05 Å². The quantitative estimate of drug-likeness (QED) is 0.857. The van der Waals surface area contributed by atoms with Crippen molar-refractivity contribution in [1.82, 2.24) is 4.90 Å². The number of benzene rings is 1. The molecule has 0 aliphatic heterocycles. The molecule has 1 amide bonds. The molecule has 1 aromatic carbocycles. The molecule has 0 aromatic heterocycles. The summed E-state index contributed by atoms with van der Waals surface area (Å²) in [5, 5.41) is 9.04. The van der Waals surface area contributed by atoms with E-state index in [9.17, 15) is 9.18 Å². The van der Waals surface area contributed by atoms with Crippen molar-refractivity contribution in [3.63, 3.8) is 0 Å². The molecule has 16 heavy (non-hydrogen) atoms. The van der Waals surface area contributed by atoms with E-state index in [1.807, 2.05) is 13.8 Å². The number of carbonyl (C=O) groups excluding carboxylic acids is 1. The van der Waals surface area contributed by atoms with Gasteiger partial charge in [-0.25, -0.2) is 4.39 Å². The van der Waals surface area contributed by atoms with E-state index < -0.39 is 5.82 Å². The fourth-order valence-corrected chi connectivity index (χ4v) is 1.51. The average Bonchev–Trinajstić information content (AvgIpc) is 2.15. The van der Waals surface area contributed by atoms with Crippen LogP contribution in [0.5, 0.6) is 5.75 Å². The van der Waals surface area contributed by atoms with Crippen LogP contribution in [0.3, 0.4) is 0 Å². The first kappa shape index (κ1) is 12.5. The van der Waals surface area contributed by atoms with Crippen molar-refractivity contribution in [2.24, 2.45) is 5.92 Å². The summed E-state index contributed by atoms with van der Waals surface area (Å²) >= 11 is 0. The summed E-state index contributed by atoms with van der Waals surface area (Å²) in [4.78, 5) is 13.3. The lowest BCUT2D eigenvalue weighted by Crippen LogP contribution is -2.30. The first-order chi connectivity index (χ1) is 7.41. The van der Waals surface area contributed by atoms with E-state index >= 15 is 0 Å². The maximum atomic E-state index is 13.4. The molecule has 0 radical (unpaired) electrons. The summed E-state index contributed by atoms with van der Waals surface area (Å²) in [6.45, 7) is 4.53. The summed E-state index contributed by atoms with van der Waals surface area (Å²) in [5.74, 6) is -0.915. The Morgan fingerprint density at radius 2 is 2.12 bits per heavy atom. The van der Waals surface area contributed by atoms with Gasteiger partial charge in [-0.2, -0.15) is 0 Å². The molecular formula is C12H16FNO2. The van der Waals surface area contributed by atoms with Gasteiger partial charge in [-0.15, -0.1) is 0 Å². The van der Waals surface area contributed by atoms with Crippen LogP contribution in [0.4, 0.5) is 4.39 Å². The van der Waals surface area contributed by atoms with Crippen LogP contribution in [0.15, 0.2) is 18.2 Å². The van der Waals surface area contributed by atoms with Crippen LogP contribution in [0.2, 0.25) is 0 Å². The Bertz CT molecular complexity index is 391. The second-order valence-corrected chi connectivity index (χ2v) is 4.24. The number of phenolic OH excluding ortho intramolecular Hbond substituents is 1. The van der Waals surface area contributed by atoms with Crippen molar-refractivity contribution in [2.75, 3.05) is 13.6 Å².